The van der Waals surface area contributed by atoms with Crippen LogP contribution in [0.5, 0.6) is 0 Å². The Balaban J connectivity index is 3.88. The maximum atomic E-state index is 11.2. The van der Waals surface area contributed by atoms with Crippen LogP contribution in [-0.2, 0) is 4.74 Å². The first kappa shape index (κ1) is 13.1. The van der Waals surface area contributed by atoms with Gasteiger partial charge in [-0.2, -0.15) is 0 Å². The molecule has 0 saturated heterocycles. The molecule has 0 fully saturated rings. The van der Waals surface area contributed by atoms with E-state index in [9.17, 15) is 4.79 Å². The Morgan fingerprint density at radius 3 is 2.64 bits per heavy atom. The third-order valence-electron chi connectivity index (χ3n) is 1.19. The van der Waals surface area contributed by atoms with Gasteiger partial charge in [0, 0.05) is 6.04 Å². The summed E-state index contributed by atoms with van der Waals surface area (Å²) >= 11 is 4.41. The molecule has 0 unspecified atom stereocenters. The molecule has 0 aromatic heterocycles. The van der Waals surface area contributed by atoms with E-state index in [0.29, 0.717) is 6.54 Å². The van der Waals surface area contributed by atoms with Crippen LogP contribution >= 0.6 is 12.2 Å². The van der Waals surface area contributed by atoms with Gasteiger partial charge in [0.2, 0.25) is 0 Å². The molecule has 1 amide bonds. The molecule has 0 spiro atoms. The second-order valence-corrected chi connectivity index (χ2v) is 4.16. The quantitative estimate of drug-likeness (QED) is 0.580. The number of amides is 1. The third kappa shape index (κ3) is 7.71. The highest BCUT2D eigenvalue weighted by molar-refractivity contribution is 7.78. The summed E-state index contributed by atoms with van der Waals surface area (Å²) in [4.78, 5) is 14.9. The maximum absolute atomic E-state index is 11.2. The zero-order chi connectivity index (χ0) is 11.2. The number of alkyl carbamates (subject to hydrolysis) is 1. The Hall–Kier alpha value is -0.930. The van der Waals surface area contributed by atoms with Gasteiger partial charge in [0.05, 0.1) is 11.7 Å². The van der Waals surface area contributed by atoms with Crippen molar-refractivity contribution in [3.05, 3.63) is 0 Å². The molecular weight excluding hydrogens is 200 g/mol. The number of aliphatic imine (C=N–C) groups is 1. The molecule has 14 heavy (non-hydrogen) atoms. The van der Waals surface area contributed by atoms with Crippen molar-refractivity contribution in [1.82, 2.24) is 5.32 Å². The number of carbonyl (C=O) groups is 1. The predicted molar refractivity (Wildman–Crippen MR) is 58.7 cm³/mol. The summed E-state index contributed by atoms with van der Waals surface area (Å²) in [5.41, 5.74) is -0.475. The molecule has 0 saturated carbocycles. The van der Waals surface area contributed by atoms with Crippen molar-refractivity contribution in [2.24, 2.45) is 4.99 Å². The van der Waals surface area contributed by atoms with Gasteiger partial charge in [0.15, 0.2) is 0 Å². The number of hydrogen-bond donors (Lipinski definition) is 1. The smallest absolute Gasteiger partial charge is 0.407 e. The Kier molecular flexibility index (Phi) is 5.35. The van der Waals surface area contributed by atoms with Gasteiger partial charge >= 0.3 is 6.09 Å². The van der Waals surface area contributed by atoms with Crippen molar-refractivity contribution in [1.29, 1.82) is 0 Å². The molecule has 0 heterocycles. The summed E-state index contributed by atoms with van der Waals surface area (Å²) < 4.78 is 5.05. The van der Waals surface area contributed by atoms with E-state index < -0.39 is 11.7 Å². The molecule has 0 aromatic carbocycles. The fourth-order valence-corrected chi connectivity index (χ4v) is 0.803. The number of carbonyl (C=O) groups excluding carboxylic acids is 1. The summed E-state index contributed by atoms with van der Waals surface area (Å²) in [5, 5.41) is 4.87. The van der Waals surface area contributed by atoms with E-state index in [4.69, 9.17) is 4.74 Å². The van der Waals surface area contributed by atoms with E-state index >= 15 is 0 Å². The Labute approximate surface area is 89.7 Å². The first-order chi connectivity index (χ1) is 6.35. The molecule has 0 rings (SSSR count). The fourth-order valence-electron chi connectivity index (χ4n) is 0.729. The Bertz CT molecular complexity index is 242. The van der Waals surface area contributed by atoms with Crippen LogP contribution in [0.4, 0.5) is 4.79 Å². The van der Waals surface area contributed by atoms with E-state index in [0.717, 1.165) is 0 Å². The average molecular weight is 216 g/mol. The largest absolute Gasteiger partial charge is 0.444 e. The van der Waals surface area contributed by atoms with Crippen molar-refractivity contribution in [2.45, 2.75) is 39.3 Å². The normalized spacial score (nSPS) is 12.6. The number of isothiocyanates is 1. The van der Waals surface area contributed by atoms with Crippen molar-refractivity contribution >= 4 is 23.5 Å². The van der Waals surface area contributed by atoms with E-state index in [1.165, 1.54) is 0 Å². The summed E-state index contributed by atoms with van der Waals surface area (Å²) in [6.07, 6.45) is -0.440. The highest BCUT2D eigenvalue weighted by Crippen LogP contribution is 2.06. The SMILES string of the molecule is C[C@@H](CN=C=S)NC(=O)OC(C)(C)C. The second-order valence-electron chi connectivity index (χ2n) is 3.98. The minimum absolute atomic E-state index is 0.0969. The molecular formula is C9H16N2O2S. The lowest BCUT2D eigenvalue weighted by atomic mass is 10.2. The van der Waals surface area contributed by atoms with Gasteiger partial charge in [-0.05, 0) is 39.9 Å². The van der Waals surface area contributed by atoms with Gasteiger partial charge in [0.1, 0.15) is 5.60 Å². The first-order valence-corrected chi connectivity index (χ1v) is 4.79. The molecule has 0 aliphatic heterocycles. The van der Waals surface area contributed by atoms with Crippen molar-refractivity contribution in [2.75, 3.05) is 6.54 Å². The molecule has 4 nitrogen and oxygen atoms in total. The molecule has 80 valence electrons. The molecule has 0 bridgehead atoms. The minimum atomic E-state index is -0.475. The number of hydrogen-bond acceptors (Lipinski definition) is 4. The van der Waals surface area contributed by atoms with Crippen molar-refractivity contribution in [3.8, 4) is 0 Å². The number of nitrogens with one attached hydrogen (secondary N) is 1. The van der Waals surface area contributed by atoms with E-state index in [2.05, 4.69) is 27.7 Å². The van der Waals surface area contributed by atoms with Crippen LogP contribution in [0.3, 0.4) is 0 Å². The van der Waals surface area contributed by atoms with Gasteiger partial charge in [-0.15, -0.1) is 0 Å². The fraction of sp³-hybridized carbons (Fsp3) is 0.778. The highest BCUT2D eigenvalue weighted by atomic mass is 32.1. The predicted octanol–water partition coefficient (Wildman–Crippen LogP) is 2.00. The lowest BCUT2D eigenvalue weighted by Gasteiger charge is -2.21. The summed E-state index contributed by atoms with van der Waals surface area (Å²) in [6, 6.07) is -0.0969. The molecule has 0 aliphatic carbocycles. The van der Waals surface area contributed by atoms with Crippen LogP contribution in [0.25, 0.3) is 0 Å². The number of nitrogens with zero attached hydrogens (tertiary/aromatic N) is 1. The lowest BCUT2D eigenvalue weighted by molar-refractivity contribution is 0.0510. The molecule has 1 atom stereocenters. The van der Waals surface area contributed by atoms with Gasteiger partial charge in [-0.3, -0.25) is 0 Å². The summed E-state index contributed by atoms with van der Waals surface area (Å²) in [7, 11) is 0. The van der Waals surface area contributed by atoms with Crippen LogP contribution in [0, 0.1) is 0 Å². The van der Waals surface area contributed by atoms with E-state index in [-0.39, 0.29) is 6.04 Å². The van der Waals surface area contributed by atoms with Gasteiger partial charge in [-0.25, -0.2) is 9.79 Å². The molecule has 1 N–H and O–H groups in total. The van der Waals surface area contributed by atoms with Crippen LogP contribution in [-0.4, -0.2) is 29.4 Å². The maximum Gasteiger partial charge on any atom is 0.407 e. The first-order valence-electron chi connectivity index (χ1n) is 4.38. The lowest BCUT2D eigenvalue weighted by Crippen LogP contribution is -2.38. The topological polar surface area (TPSA) is 50.7 Å². The summed E-state index contributed by atoms with van der Waals surface area (Å²) in [5.74, 6) is 0. The second kappa shape index (κ2) is 5.73. The number of rotatable bonds is 3. The van der Waals surface area contributed by atoms with Gasteiger partial charge < -0.3 is 10.1 Å². The molecule has 0 radical (unpaired) electrons. The Morgan fingerprint density at radius 2 is 2.21 bits per heavy atom. The number of ether oxygens (including phenoxy) is 1. The molecule has 0 aliphatic rings. The number of thiocarbonyl (C=S) groups is 1. The highest BCUT2D eigenvalue weighted by Gasteiger charge is 2.17. The van der Waals surface area contributed by atoms with E-state index in [1.807, 2.05) is 27.7 Å². The zero-order valence-electron chi connectivity index (χ0n) is 8.96. The van der Waals surface area contributed by atoms with Crippen molar-refractivity contribution < 1.29 is 9.53 Å². The van der Waals surface area contributed by atoms with Crippen molar-refractivity contribution in [3.63, 3.8) is 0 Å². The Morgan fingerprint density at radius 1 is 1.64 bits per heavy atom. The standard InChI is InChI=1S/C9H16N2O2S/c1-7(5-10-6-14)11-8(12)13-9(2,3)4/h7H,5H2,1-4H3,(H,11,12)/t7-/m0/s1. The van der Waals surface area contributed by atoms with Crippen LogP contribution < -0.4 is 5.32 Å². The van der Waals surface area contributed by atoms with Gasteiger partial charge in [-0.1, -0.05) is 0 Å². The minimum Gasteiger partial charge on any atom is -0.444 e. The van der Waals surface area contributed by atoms with E-state index in [1.54, 1.807) is 0 Å². The molecule has 0 aromatic rings. The monoisotopic (exact) mass is 216 g/mol. The van der Waals surface area contributed by atoms with Crippen LogP contribution in [0.1, 0.15) is 27.7 Å². The van der Waals surface area contributed by atoms with Crippen LogP contribution in [0.15, 0.2) is 4.99 Å². The summed E-state index contributed by atoms with van der Waals surface area (Å²) in [6.45, 7) is 7.67. The average Bonchev–Trinajstić information content (AvgIpc) is 1.96. The zero-order valence-corrected chi connectivity index (χ0v) is 9.77. The van der Waals surface area contributed by atoms with Crippen LogP contribution in [0.2, 0.25) is 0 Å². The third-order valence-corrected chi connectivity index (χ3v) is 1.32. The van der Waals surface area contributed by atoms with Gasteiger partial charge in [0.25, 0.3) is 0 Å². The molecule has 5 heteroatoms.